The lowest BCUT2D eigenvalue weighted by molar-refractivity contribution is -0.136. The molecule has 10 heteroatoms. The number of nitrogens with zero attached hydrogens (tertiary/aromatic N) is 2. The van der Waals surface area contributed by atoms with Crippen LogP contribution in [0.15, 0.2) is 84.9 Å². The number of benzene rings is 4. The van der Waals surface area contributed by atoms with Crippen LogP contribution in [0.4, 0.5) is 14.5 Å². The molecule has 0 heterocycles. The Morgan fingerprint density at radius 1 is 0.933 bits per heavy atom. The van der Waals surface area contributed by atoms with Crippen LogP contribution < -0.4 is 10.2 Å². The van der Waals surface area contributed by atoms with Crippen LogP contribution in [0, 0.1) is 29.9 Å². The summed E-state index contributed by atoms with van der Waals surface area (Å²) in [5.41, 5.74) is 5.73. The fraction of sp³-hybridized carbons (Fsp3) is 0.229. The summed E-state index contributed by atoms with van der Waals surface area (Å²) in [6.45, 7) is 2.49. The number of rotatable bonds is 13. The van der Waals surface area contributed by atoms with Crippen LogP contribution in [0.25, 0.3) is 11.1 Å². The fourth-order valence-electron chi connectivity index (χ4n) is 5.06. The average Bonchev–Trinajstić information content (AvgIpc) is 3.02. The lowest BCUT2D eigenvalue weighted by Gasteiger charge is -2.26. The second-order valence-electron chi connectivity index (χ2n) is 10.5. The quantitative estimate of drug-likeness (QED) is 0.160. The van der Waals surface area contributed by atoms with Crippen molar-refractivity contribution >= 4 is 41.2 Å². The van der Waals surface area contributed by atoms with Crippen molar-refractivity contribution in [1.82, 2.24) is 5.32 Å². The van der Waals surface area contributed by atoms with E-state index in [0.29, 0.717) is 35.4 Å². The first-order valence-electron chi connectivity index (χ1n) is 14.2. The topological polar surface area (TPSA) is 82.4 Å². The lowest BCUT2D eigenvalue weighted by atomic mass is 9.93. The van der Waals surface area contributed by atoms with Gasteiger partial charge < -0.3 is 14.5 Å². The molecule has 4 rings (SSSR count). The maximum Gasteiger partial charge on any atom is 0.346 e. The first-order valence-corrected chi connectivity index (χ1v) is 15.9. The first kappa shape index (κ1) is 33.5. The number of halogens is 3. The summed E-state index contributed by atoms with van der Waals surface area (Å²) in [5, 5.41) is 11.9. The first-order chi connectivity index (χ1) is 21.7. The smallest absolute Gasteiger partial charge is 0.346 e. The number of hydrogen-bond acceptors (Lipinski definition) is 6. The van der Waals surface area contributed by atoms with E-state index in [9.17, 15) is 18.4 Å². The number of thioether (sulfide) groups is 1. The highest BCUT2D eigenvalue weighted by Crippen LogP contribution is 2.30. The zero-order valence-corrected chi connectivity index (χ0v) is 26.4. The van der Waals surface area contributed by atoms with Crippen molar-refractivity contribution in [2.45, 2.75) is 38.9 Å². The molecule has 0 fully saturated rings. The summed E-state index contributed by atoms with van der Waals surface area (Å²) in [6.07, 6.45) is 2.51. The maximum atomic E-state index is 14.1. The van der Waals surface area contributed by atoms with Crippen LogP contribution in [0.3, 0.4) is 0 Å². The standard InChI is InChI=1S/C35H32ClF2N3O3S/c1-23-5-3-4-6-30(23)32-19-25(9-12-31(32)34(42)40-33(14-16-45-2)35(43)44-36)21-41(22-26-17-27(37)20-28(38)18-26)29-10-7-24(8-11-29)13-15-39/h3-12,17-20,33H,13-14,16,21-22H2,1-2H3,(H,40,42). The van der Waals surface area contributed by atoms with Gasteiger partial charge in [-0.15, -0.1) is 0 Å². The van der Waals surface area contributed by atoms with E-state index in [1.54, 1.807) is 6.07 Å². The van der Waals surface area contributed by atoms with E-state index < -0.39 is 29.6 Å². The number of carbonyl (C=O) groups excluding carboxylic acids is 2. The normalized spacial score (nSPS) is 11.4. The second kappa shape index (κ2) is 16.1. The molecular formula is C35H32ClF2N3O3S. The number of nitrogens with one attached hydrogen (secondary N) is 1. The molecule has 1 atom stereocenters. The molecule has 0 aliphatic heterocycles. The van der Waals surface area contributed by atoms with Crippen LogP contribution in [0.2, 0.25) is 0 Å². The molecule has 1 amide bonds. The Morgan fingerprint density at radius 2 is 1.60 bits per heavy atom. The van der Waals surface area contributed by atoms with Gasteiger partial charge in [-0.25, -0.2) is 13.6 Å². The molecule has 0 aliphatic rings. The van der Waals surface area contributed by atoms with E-state index in [4.69, 9.17) is 17.1 Å². The SMILES string of the molecule is CSCCC(NC(=O)c1ccc(CN(Cc2cc(F)cc(F)c2)c2ccc(CC#N)cc2)cc1-c1ccccc1C)C(=O)OCl. The molecule has 4 aromatic rings. The van der Waals surface area contributed by atoms with Crippen LogP contribution >= 0.6 is 23.6 Å². The van der Waals surface area contributed by atoms with Crippen molar-refractivity contribution in [2.75, 3.05) is 16.9 Å². The van der Waals surface area contributed by atoms with E-state index in [1.807, 2.05) is 78.7 Å². The number of carbonyl (C=O) groups is 2. The summed E-state index contributed by atoms with van der Waals surface area (Å²) in [5.74, 6) is -1.91. The highest BCUT2D eigenvalue weighted by molar-refractivity contribution is 7.98. The number of aryl methyl sites for hydroxylation is 1. The third-order valence-electron chi connectivity index (χ3n) is 7.29. The molecule has 0 radical (unpaired) electrons. The lowest BCUT2D eigenvalue weighted by Crippen LogP contribution is -2.41. The van der Waals surface area contributed by atoms with Gasteiger partial charge in [-0.3, -0.25) is 4.79 Å². The van der Waals surface area contributed by atoms with Crippen LogP contribution in [-0.4, -0.2) is 29.9 Å². The third-order valence-corrected chi connectivity index (χ3v) is 8.09. The molecule has 4 aromatic carbocycles. The summed E-state index contributed by atoms with van der Waals surface area (Å²) >= 11 is 6.89. The summed E-state index contributed by atoms with van der Waals surface area (Å²) < 4.78 is 32.6. The maximum absolute atomic E-state index is 14.1. The largest absolute Gasteiger partial charge is 0.363 e. The number of amides is 1. The molecule has 0 bridgehead atoms. The van der Waals surface area contributed by atoms with Crippen molar-refractivity contribution in [2.24, 2.45) is 0 Å². The molecule has 0 aromatic heterocycles. The van der Waals surface area contributed by atoms with Gasteiger partial charge in [0, 0.05) is 30.4 Å². The number of hydrogen-bond donors (Lipinski definition) is 1. The highest BCUT2D eigenvalue weighted by Gasteiger charge is 2.25. The van der Waals surface area contributed by atoms with E-state index in [0.717, 1.165) is 34.0 Å². The van der Waals surface area contributed by atoms with Crippen LogP contribution in [-0.2, 0) is 28.6 Å². The molecule has 1 unspecified atom stereocenters. The van der Waals surface area contributed by atoms with Gasteiger partial charge in [0.15, 0.2) is 0 Å². The van der Waals surface area contributed by atoms with Gasteiger partial charge in [-0.2, -0.15) is 17.0 Å². The van der Waals surface area contributed by atoms with Crippen molar-refractivity contribution < 1.29 is 22.7 Å². The van der Waals surface area contributed by atoms with Crippen molar-refractivity contribution in [3.8, 4) is 17.2 Å². The van der Waals surface area contributed by atoms with Crippen molar-refractivity contribution in [3.05, 3.63) is 124 Å². The highest BCUT2D eigenvalue weighted by atomic mass is 35.5. The Hall–Kier alpha value is -4.39. The average molecular weight is 648 g/mol. The number of anilines is 1. The fourth-order valence-corrected chi connectivity index (χ4v) is 5.64. The van der Waals surface area contributed by atoms with Gasteiger partial charge in [0.25, 0.3) is 5.91 Å². The van der Waals surface area contributed by atoms with Gasteiger partial charge in [-0.1, -0.05) is 42.5 Å². The van der Waals surface area contributed by atoms with Crippen molar-refractivity contribution in [1.29, 1.82) is 5.26 Å². The predicted octanol–water partition coefficient (Wildman–Crippen LogP) is 7.76. The summed E-state index contributed by atoms with van der Waals surface area (Å²) in [7, 11) is 0. The molecule has 6 nitrogen and oxygen atoms in total. The zero-order valence-electron chi connectivity index (χ0n) is 24.9. The molecular weight excluding hydrogens is 616 g/mol. The Morgan fingerprint density at radius 3 is 2.24 bits per heavy atom. The molecule has 0 saturated carbocycles. The summed E-state index contributed by atoms with van der Waals surface area (Å²) in [6, 6.07) is 25.2. The summed E-state index contributed by atoms with van der Waals surface area (Å²) in [4.78, 5) is 27.9. The number of nitriles is 1. The Bertz CT molecular complexity index is 1670. The Balaban J connectivity index is 1.74. The van der Waals surface area contributed by atoms with Crippen LogP contribution in [0.5, 0.6) is 0 Å². The molecule has 45 heavy (non-hydrogen) atoms. The third kappa shape index (κ3) is 9.07. The molecule has 1 N–H and O–H groups in total. The minimum absolute atomic E-state index is 0.200. The van der Waals surface area contributed by atoms with E-state index in [-0.39, 0.29) is 13.0 Å². The van der Waals surface area contributed by atoms with Gasteiger partial charge in [0.2, 0.25) is 0 Å². The van der Waals surface area contributed by atoms with E-state index in [2.05, 4.69) is 15.7 Å². The minimum Gasteiger partial charge on any atom is -0.363 e. The Labute approximate surface area is 271 Å². The Kier molecular flexibility index (Phi) is 12.0. The van der Waals surface area contributed by atoms with Crippen LogP contribution in [0.1, 0.15) is 39.0 Å². The second-order valence-corrected chi connectivity index (χ2v) is 11.7. The monoisotopic (exact) mass is 647 g/mol. The van der Waals surface area contributed by atoms with Gasteiger partial charge in [0.1, 0.15) is 29.5 Å². The van der Waals surface area contributed by atoms with E-state index >= 15 is 0 Å². The molecule has 232 valence electrons. The molecule has 0 spiro atoms. The van der Waals surface area contributed by atoms with Crippen molar-refractivity contribution in [3.63, 3.8) is 0 Å². The molecule has 0 saturated heterocycles. The van der Waals surface area contributed by atoms with Gasteiger partial charge in [0.05, 0.1) is 12.5 Å². The minimum atomic E-state index is -0.919. The molecule has 0 aliphatic carbocycles. The van der Waals surface area contributed by atoms with E-state index in [1.165, 1.54) is 23.9 Å². The predicted molar refractivity (Wildman–Crippen MR) is 175 cm³/mol. The van der Waals surface area contributed by atoms with Gasteiger partial charge in [-0.05, 0) is 95.1 Å². The van der Waals surface area contributed by atoms with Gasteiger partial charge >= 0.3 is 5.97 Å². The zero-order chi connectivity index (χ0) is 32.3.